The van der Waals surface area contributed by atoms with Crippen molar-refractivity contribution >= 4 is 0 Å². The summed E-state index contributed by atoms with van der Waals surface area (Å²) in [4.78, 5) is 0. The van der Waals surface area contributed by atoms with E-state index in [9.17, 15) is 0 Å². The quantitative estimate of drug-likeness (QED) is 0.363. The largest absolute Gasteiger partial charge is 0.381 e. The number of unbranched alkanes of at least 4 members (excludes halogenated alkanes) is 10. The van der Waals surface area contributed by atoms with Crippen LogP contribution in [0.2, 0.25) is 0 Å². The fraction of sp³-hybridized carbons (Fsp3) is 0.938. The van der Waals surface area contributed by atoms with Crippen LogP contribution in [0.4, 0.5) is 0 Å². The minimum absolute atomic E-state index is 0.971. The highest BCUT2D eigenvalue weighted by atomic mass is 16.5. The Labute approximate surface area is 109 Å². The van der Waals surface area contributed by atoms with Gasteiger partial charge in [0.25, 0.3) is 0 Å². The molecule has 0 N–H and O–H groups in total. The summed E-state index contributed by atoms with van der Waals surface area (Å²) >= 11 is 0. The van der Waals surface area contributed by atoms with Crippen molar-refractivity contribution in [2.75, 3.05) is 13.2 Å². The minimum Gasteiger partial charge on any atom is -0.381 e. The lowest BCUT2D eigenvalue weighted by atomic mass is 10.1. The van der Waals surface area contributed by atoms with Crippen LogP contribution in [0, 0.1) is 6.92 Å². The lowest BCUT2D eigenvalue weighted by Crippen LogP contribution is -1.96. The molecule has 0 rings (SSSR count). The van der Waals surface area contributed by atoms with Gasteiger partial charge in [-0.3, -0.25) is 0 Å². The van der Waals surface area contributed by atoms with Crippen molar-refractivity contribution in [2.45, 2.75) is 84.0 Å². The molecule has 0 heterocycles. The van der Waals surface area contributed by atoms with E-state index in [1.165, 1.54) is 70.6 Å². The maximum Gasteiger partial charge on any atom is 0.0466 e. The van der Waals surface area contributed by atoms with Gasteiger partial charge in [-0.25, -0.2) is 0 Å². The summed E-state index contributed by atoms with van der Waals surface area (Å²) in [6.45, 7) is 8.05. The smallest absolute Gasteiger partial charge is 0.0466 e. The SMILES string of the molecule is [CH2]CCCCCCCCCCOCCCCC. The van der Waals surface area contributed by atoms with Crippen LogP contribution in [-0.4, -0.2) is 13.2 Å². The minimum atomic E-state index is 0.971. The van der Waals surface area contributed by atoms with Crippen molar-refractivity contribution < 1.29 is 4.74 Å². The molecule has 0 aromatic rings. The zero-order chi connectivity index (χ0) is 12.6. The van der Waals surface area contributed by atoms with E-state index in [1.54, 1.807) is 0 Å². The highest BCUT2D eigenvalue weighted by Gasteiger charge is 1.93. The summed E-state index contributed by atoms with van der Waals surface area (Å²) in [5, 5.41) is 0. The number of hydrogen-bond acceptors (Lipinski definition) is 1. The Morgan fingerprint density at radius 1 is 0.647 bits per heavy atom. The van der Waals surface area contributed by atoms with E-state index in [2.05, 4.69) is 13.8 Å². The molecule has 1 radical (unpaired) electrons. The van der Waals surface area contributed by atoms with Gasteiger partial charge in [-0.05, 0) is 12.8 Å². The van der Waals surface area contributed by atoms with E-state index in [4.69, 9.17) is 4.74 Å². The maximum absolute atomic E-state index is 5.59. The average Bonchev–Trinajstić information content (AvgIpc) is 2.35. The summed E-state index contributed by atoms with van der Waals surface area (Å²) in [5.41, 5.74) is 0. The van der Waals surface area contributed by atoms with Crippen molar-refractivity contribution in [1.29, 1.82) is 0 Å². The molecule has 0 aliphatic heterocycles. The normalized spacial score (nSPS) is 10.9. The molecule has 0 fully saturated rings. The van der Waals surface area contributed by atoms with Gasteiger partial charge in [0.15, 0.2) is 0 Å². The van der Waals surface area contributed by atoms with Crippen molar-refractivity contribution in [1.82, 2.24) is 0 Å². The topological polar surface area (TPSA) is 9.23 Å². The summed E-state index contributed by atoms with van der Waals surface area (Å²) in [5.74, 6) is 0. The molecule has 0 aliphatic carbocycles. The molecule has 0 aliphatic rings. The molecule has 0 aromatic heterocycles. The molecule has 0 unspecified atom stereocenters. The molecule has 103 valence electrons. The van der Waals surface area contributed by atoms with Crippen LogP contribution in [0.5, 0.6) is 0 Å². The van der Waals surface area contributed by atoms with Crippen LogP contribution >= 0.6 is 0 Å². The van der Waals surface area contributed by atoms with Gasteiger partial charge in [0.05, 0.1) is 0 Å². The first-order valence-corrected chi connectivity index (χ1v) is 7.78. The molecule has 1 nitrogen and oxygen atoms in total. The predicted molar refractivity (Wildman–Crippen MR) is 77.3 cm³/mol. The molecule has 1 heteroatoms. The Hall–Kier alpha value is -0.0400. The van der Waals surface area contributed by atoms with Crippen LogP contribution in [0.3, 0.4) is 0 Å². The molecule has 0 amide bonds. The van der Waals surface area contributed by atoms with Crippen LogP contribution in [0.25, 0.3) is 0 Å². The second-order valence-corrected chi connectivity index (χ2v) is 5.00. The van der Waals surface area contributed by atoms with E-state index < -0.39 is 0 Å². The van der Waals surface area contributed by atoms with Gasteiger partial charge in [0.2, 0.25) is 0 Å². The first kappa shape index (κ1) is 17.0. The standard InChI is InChI=1S/C16H33O/c1-3-5-7-8-9-10-11-12-14-16-17-15-13-6-4-2/h1,3-16H2,2H3. The zero-order valence-corrected chi connectivity index (χ0v) is 12.0. The number of rotatable bonds is 14. The van der Waals surface area contributed by atoms with Crippen molar-refractivity contribution in [3.63, 3.8) is 0 Å². The molecule has 0 atom stereocenters. The Morgan fingerprint density at radius 3 is 1.65 bits per heavy atom. The molecular formula is C16H33O. The first-order chi connectivity index (χ1) is 8.41. The Morgan fingerprint density at radius 2 is 1.12 bits per heavy atom. The van der Waals surface area contributed by atoms with Crippen molar-refractivity contribution in [3.8, 4) is 0 Å². The van der Waals surface area contributed by atoms with Crippen LogP contribution in [0.1, 0.15) is 84.0 Å². The number of hydrogen-bond donors (Lipinski definition) is 0. The molecule has 0 saturated carbocycles. The van der Waals surface area contributed by atoms with Gasteiger partial charge in [-0.15, -0.1) is 0 Å². The zero-order valence-electron chi connectivity index (χ0n) is 12.0. The first-order valence-electron chi connectivity index (χ1n) is 7.78. The lowest BCUT2D eigenvalue weighted by Gasteiger charge is -2.04. The molecule has 0 spiro atoms. The summed E-state index contributed by atoms with van der Waals surface area (Å²) in [6.07, 6.45) is 15.9. The van der Waals surface area contributed by atoms with Gasteiger partial charge in [-0.1, -0.05) is 78.1 Å². The lowest BCUT2D eigenvalue weighted by molar-refractivity contribution is 0.126. The third-order valence-electron chi connectivity index (χ3n) is 3.18. The summed E-state index contributed by atoms with van der Waals surface area (Å²) in [6, 6.07) is 0. The predicted octanol–water partition coefficient (Wildman–Crippen LogP) is 5.54. The van der Waals surface area contributed by atoms with E-state index in [-0.39, 0.29) is 0 Å². The van der Waals surface area contributed by atoms with Gasteiger partial charge in [0.1, 0.15) is 0 Å². The molecular weight excluding hydrogens is 208 g/mol. The fourth-order valence-corrected chi connectivity index (χ4v) is 2.00. The number of ether oxygens (including phenoxy) is 1. The highest BCUT2D eigenvalue weighted by Crippen LogP contribution is 2.09. The second-order valence-electron chi connectivity index (χ2n) is 5.00. The van der Waals surface area contributed by atoms with Crippen LogP contribution in [0.15, 0.2) is 0 Å². The Balaban J connectivity index is 2.85. The summed E-state index contributed by atoms with van der Waals surface area (Å²) in [7, 11) is 0. The van der Waals surface area contributed by atoms with E-state index in [0.29, 0.717) is 0 Å². The maximum atomic E-state index is 5.59. The van der Waals surface area contributed by atoms with Gasteiger partial charge < -0.3 is 4.74 Å². The van der Waals surface area contributed by atoms with Gasteiger partial charge in [0, 0.05) is 13.2 Å². The van der Waals surface area contributed by atoms with E-state index in [1.807, 2.05) is 0 Å². The van der Waals surface area contributed by atoms with E-state index >= 15 is 0 Å². The fourth-order valence-electron chi connectivity index (χ4n) is 2.00. The Kier molecular flexibility index (Phi) is 15.9. The van der Waals surface area contributed by atoms with Gasteiger partial charge >= 0.3 is 0 Å². The monoisotopic (exact) mass is 241 g/mol. The highest BCUT2D eigenvalue weighted by molar-refractivity contribution is 4.48. The third kappa shape index (κ3) is 16.0. The van der Waals surface area contributed by atoms with Crippen molar-refractivity contribution in [3.05, 3.63) is 6.92 Å². The Bertz CT molecular complexity index is 109. The van der Waals surface area contributed by atoms with Gasteiger partial charge in [-0.2, -0.15) is 0 Å². The third-order valence-corrected chi connectivity index (χ3v) is 3.18. The molecule has 17 heavy (non-hydrogen) atoms. The second kappa shape index (κ2) is 16.0. The molecule has 0 aromatic carbocycles. The molecule has 0 bridgehead atoms. The van der Waals surface area contributed by atoms with Crippen molar-refractivity contribution in [2.24, 2.45) is 0 Å². The van der Waals surface area contributed by atoms with E-state index in [0.717, 1.165) is 19.6 Å². The van der Waals surface area contributed by atoms with Crippen LogP contribution in [-0.2, 0) is 4.74 Å². The van der Waals surface area contributed by atoms with Crippen LogP contribution < -0.4 is 0 Å². The summed E-state index contributed by atoms with van der Waals surface area (Å²) < 4.78 is 5.59. The average molecular weight is 241 g/mol. The molecule has 0 saturated heterocycles.